The first kappa shape index (κ1) is 18.7. The average Bonchev–Trinajstić information content (AvgIpc) is 3.12. The highest BCUT2D eigenvalue weighted by Gasteiger charge is 2.20. The number of allylic oxidation sites excluding steroid dienone is 1. The van der Waals surface area contributed by atoms with Gasteiger partial charge in [0.15, 0.2) is 0 Å². The molecule has 3 aromatic rings. The first-order valence-corrected chi connectivity index (χ1v) is 10.5. The van der Waals surface area contributed by atoms with E-state index in [9.17, 15) is 0 Å². The molecule has 0 bridgehead atoms. The van der Waals surface area contributed by atoms with Crippen LogP contribution in [-0.4, -0.2) is 0 Å². The molecule has 0 amide bonds. The van der Waals surface area contributed by atoms with Crippen LogP contribution in [0.3, 0.4) is 0 Å². The summed E-state index contributed by atoms with van der Waals surface area (Å²) in [6, 6.07) is 22.6. The molecule has 0 heteroatoms. The van der Waals surface area contributed by atoms with Gasteiger partial charge in [0.1, 0.15) is 0 Å². The Kier molecular flexibility index (Phi) is 4.98. The third kappa shape index (κ3) is 3.44. The van der Waals surface area contributed by atoms with Crippen molar-refractivity contribution >= 4 is 11.6 Å². The molecule has 4 rings (SSSR count). The second kappa shape index (κ2) is 7.43. The van der Waals surface area contributed by atoms with Gasteiger partial charge in [-0.1, -0.05) is 88.4 Å². The van der Waals surface area contributed by atoms with E-state index in [4.69, 9.17) is 0 Å². The fourth-order valence-corrected chi connectivity index (χ4v) is 4.23. The summed E-state index contributed by atoms with van der Waals surface area (Å²) < 4.78 is 0. The van der Waals surface area contributed by atoms with Crippen LogP contribution < -0.4 is 0 Å². The summed E-state index contributed by atoms with van der Waals surface area (Å²) in [6.07, 6.45) is 3.44. The summed E-state index contributed by atoms with van der Waals surface area (Å²) in [5, 5.41) is 0. The van der Waals surface area contributed by atoms with Crippen molar-refractivity contribution in [3.8, 4) is 11.1 Å². The Hall–Kier alpha value is -2.60. The molecular weight excluding hydrogens is 336 g/mol. The van der Waals surface area contributed by atoms with Gasteiger partial charge in [-0.15, -0.1) is 0 Å². The van der Waals surface area contributed by atoms with Crippen LogP contribution >= 0.6 is 0 Å². The van der Waals surface area contributed by atoms with Crippen LogP contribution in [-0.2, 0) is 6.42 Å². The van der Waals surface area contributed by atoms with E-state index in [0.29, 0.717) is 11.8 Å². The van der Waals surface area contributed by atoms with Crippen molar-refractivity contribution in [1.82, 2.24) is 0 Å². The summed E-state index contributed by atoms with van der Waals surface area (Å²) in [4.78, 5) is 0. The second-order valence-corrected chi connectivity index (χ2v) is 8.74. The molecule has 0 nitrogen and oxygen atoms in total. The van der Waals surface area contributed by atoms with Gasteiger partial charge in [0.2, 0.25) is 0 Å². The molecule has 0 saturated heterocycles. The fraction of sp³-hybridized carbons (Fsp3) is 0.286. The van der Waals surface area contributed by atoms with Gasteiger partial charge >= 0.3 is 0 Å². The molecule has 0 N–H and O–H groups in total. The van der Waals surface area contributed by atoms with Crippen LogP contribution in [0.25, 0.3) is 22.8 Å². The molecule has 1 aliphatic carbocycles. The lowest BCUT2D eigenvalue weighted by Gasteiger charge is -2.18. The van der Waals surface area contributed by atoms with Crippen LogP contribution in [0.2, 0.25) is 0 Å². The van der Waals surface area contributed by atoms with E-state index in [2.05, 4.69) is 101 Å². The SMILES string of the molecule is Cc1ccc2c(c1-c1cc(C(C)C)cc(C(C)C)c1)C=C(c1ccccc1)C2. The first-order valence-electron chi connectivity index (χ1n) is 10.5. The number of rotatable bonds is 4. The lowest BCUT2D eigenvalue weighted by Crippen LogP contribution is -1.97. The van der Waals surface area contributed by atoms with E-state index < -0.39 is 0 Å². The van der Waals surface area contributed by atoms with Crippen molar-refractivity contribution in [2.45, 2.75) is 52.9 Å². The van der Waals surface area contributed by atoms with Gasteiger partial charge in [-0.05, 0) is 81.3 Å². The van der Waals surface area contributed by atoms with Crippen molar-refractivity contribution in [1.29, 1.82) is 0 Å². The minimum absolute atomic E-state index is 0.532. The third-order valence-electron chi connectivity index (χ3n) is 5.99. The van der Waals surface area contributed by atoms with Crippen molar-refractivity contribution in [2.75, 3.05) is 0 Å². The Bertz CT molecular complexity index is 1010. The number of benzene rings is 3. The molecule has 0 aliphatic heterocycles. The predicted octanol–water partition coefficient (Wildman–Crippen LogP) is 8.01. The summed E-state index contributed by atoms with van der Waals surface area (Å²) in [5.74, 6) is 1.06. The van der Waals surface area contributed by atoms with Crippen molar-refractivity contribution in [3.63, 3.8) is 0 Å². The molecule has 142 valence electrons. The van der Waals surface area contributed by atoms with Crippen molar-refractivity contribution in [3.05, 3.63) is 94.0 Å². The molecule has 0 aromatic heterocycles. The highest BCUT2D eigenvalue weighted by Crippen LogP contribution is 2.40. The second-order valence-electron chi connectivity index (χ2n) is 8.74. The summed E-state index contributed by atoms with van der Waals surface area (Å²) >= 11 is 0. The van der Waals surface area contributed by atoms with Crippen LogP contribution in [0.4, 0.5) is 0 Å². The number of aryl methyl sites for hydroxylation is 1. The molecule has 0 heterocycles. The largest absolute Gasteiger partial charge is 0.0622 e. The van der Waals surface area contributed by atoms with Crippen LogP contribution in [0.15, 0.2) is 60.7 Å². The van der Waals surface area contributed by atoms with Gasteiger partial charge in [0.25, 0.3) is 0 Å². The van der Waals surface area contributed by atoms with E-state index in [1.54, 1.807) is 0 Å². The summed E-state index contributed by atoms with van der Waals surface area (Å²) in [7, 11) is 0. The molecule has 28 heavy (non-hydrogen) atoms. The van der Waals surface area contributed by atoms with Gasteiger partial charge < -0.3 is 0 Å². The zero-order chi connectivity index (χ0) is 19.8. The van der Waals surface area contributed by atoms with E-state index in [1.807, 2.05) is 0 Å². The Morgan fingerprint density at radius 3 is 1.96 bits per heavy atom. The predicted molar refractivity (Wildman–Crippen MR) is 123 cm³/mol. The third-order valence-corrected chi connectivity index (χ3v) is 5.99. The maximum absolute atomic E-state index is 2.42. The monoisotopic (exact) mass is 366 g/mol. The standard InChI is InChI=1S/C28H30/c1-18(2)23-14-24(19(3)4)16-26(15-23)28-20(5)11-12-22-13-25(17-27(22)28)21-9-7-6-8-10-21/h6-12,14-19H,13H2,1-5H3. The van der Waals surface area contributed by atoms with Crippen molar-refractivity contribution in [2.24, 2.45) is 0 Å². The molecule has 1 aliphatic rings. The zero-order valence-corrected chi connectivity index (χ0v) is 17.7. The minimum Gasteiger partial charge on any atom is -0.0622 e. The maximum Gasteiger partial charge on any atom is -0.00134 e. The van der Waals surface area contributed by atoms with Gasteiger partial charge in [0, 0.05) is 0 Å². The van der Waals surface area contributed by atoms with Gasteiger partial charge in [-0.25, -0.2) is 0 Å². The molecule has 0 fully saturated rings. The lowest BCUT2D eigenvalue weighted by molar-refractivity contribution is 0.834. The highest BCUT2D eigenvalue weighted by molar-refractivity contribution is 5.94. The van der Waals surface area contributed by atoms with Gasteiger partial charge in [-0.2, -0.15) is 0 Å². The minimum atomic E-state index is 0.532. The summed E-state index contributed by atoms with van der Waals surface area (Å²) in [6.45, 7) is 11.4. The smallest absolute Gasteiger partial charge is 0.00134 e. The average molecular weight is 367 g/mol. The summed E-state index contributed by atoms with van der Waals surface area (Å²) in [5.41, 5.74) is 12.6. The maximum atomic E-state index is 2.42. The van der Waals surface area contributed by atoms with E-state index in [0.717, 1.165) is 6.42 Å². The van der Waals surface area contributed by atoms with E-state index in [1.165, 1.54) is 50.1 Å². The molecule has 0 spiro atoms. The number of hydrogen-bond acceptors (Lipinski definition) is 0. The van der Waals surface area contributed by atoms with Crippen LogP contribution in [0.1, 0.15) is 72.9 Å². The van der Waals surface area contributed by atoms with Gasteiger partial charge in [0.05, 0.1) is 0 Å². The van der Waals surface area contributed by atoms with Crippen LogP contribution in [0.5, 0.6) is 0 Å². The highest BCUT2D eigenvalue weighted by atomic mass is 14.2. The number of fused-ring (bicyclic) bond motifs is 1. The van der Waals surface area contributed by atoms with Crippen LogP contribution in [0, 0.1) is 6.92 Å². The molecular formula is C28H30. The van der Waals surface area contributed by atoms with Gasteiger partial charge in [-0.3, -0.25) is 0 Å². The van der Waals surface area contributed by atoms with Crippen molar-refractivity contribution < 1.29 is 0 Å². The Morgan fingerprint density at radius 1 is 0.714 bits per heavy atom. The molecule has 0 radical (unpaired) electrons. The quantitative estimate of drug-likeness (QED) is 0.438. The number of hydrogen-bond donors (Lipinski definition) is 0. The molecule has 0 unspecified atom stereocenters. The Morgan fingerprint density at radius 2 is 1.36 bits per heavy atom. The molecule has 0 saturated carbocycles. The normalized spacial score (nSPS) is 13.2. The lowest BCUT2D eigenvalue weighted by atomic mass is 9.87. The zero-order valence-electron chi connectivity index (χ0n) is 17.7. The molecule has 0 atom stereocenters. The molecule has 3 aromatic carbocycles. The fourth-order valence-electron chi connectivity index (χ4n) is 4.23. The Balaban J connectivity index is 1.89. The van der Waals surface area contributed by atoms with E-state index in [-0.39, 0.29) is 0 Å². The topological polar surface area (TPSA) is 0 Å². The Labute approximate surface area is 169 Å². The van der Waals surface area contributed by atoms with E-state index >= 15 is 0 Å². The first-order chi connectivity index (χ1) is 13.4.